The number of hydrogen-bond donors (Lipinski definition) is 0. The molecule has 2 aromatic carbocycles. The maximum atomic E-state index is 13.2. The van der Waals surface area contributed by atoms with Gasteiger partial charge in [0.1, 0.15) is 6.61 Å². The van der Waals surface area contributed by atoms with Gasteiger partial charge in [-0.15, -0.1) is 0 Å². The lowest BCUT2D eigenvalue weighted by molar-refractivity contribution is -0.174. The van der Waals surface area contributed by atoms with Crippen molar-refractivity contribution in [1.29, 1.82) is 0 Å². The first-order chi connectivity index (χ1) is 15.0. The van der Waals surface area contributed by atoms with E-state index >= 15 is 0 Å². The van der Waals surface area contributed by atoms with Gasteiger partial charge < -0.3 is 9.47 Å². The Kier molecular flexibility index (Phi) is 6.18. The normalized spacial score (nSPS) is 25.3. The summed E-state index contributed by atoms with van der Waals surface area (Å²) in [5.74, 6) is -1.42. The fourth-order valence-electron chi connectivity index (χ4n) is 5.04. The maximum Gasteiger partial charge on any atom is 0.321 e. The molecular weight excluding hydrogens is 394 g/mol. The highest BCUT2D eigenvalue weighted by molar-refractivity contribution is 6.08. The zero-order valence-electron chi connectivity index (χ0n) is 17.7. The molecule has 0 saturated carbocycles. The summed E-state index contributed by atoms with van der Waals surface area (Å²) in [6.45, 7) is 0.730. The van der Waals surface area contributed by atoms with E-state index in [1.54, 1.807) is 0 Å². The van der Waals surface area contributed by atoms with E-state index in [-0.39, 0.29) is 37.3 Å². The number of ether oxygens (including phenoxy) is 2. The summed E-state index contributed by atoms with van der Waals surface area (Å²) in [6, 6.07) is 19.0. The summed E-state index contributed by atoms with van der Waals surface area (Å²) in [5.41, 5.74) is 0.438. The Morgan fingerprint density at radius 3 is 2.29 bits per heavy atom. The van der Waals surface area contributed by atoms with E-state index in [1.165, 1.54) is 7.11 Å². The average Bonchev–Trinajstić information content (AvgIpc) is 3.11. The number of methoxy groups -OCH3 is 1. The van der Waals surface area contributed by atoms with Gasteiger partial charge in [-0.1, -0.05) is 60.7 Å². The maximum absolute atomic E-state index is 13.2. The number of esters is 2. The molecule has 2 saturated heterocycles. The van der Waals surface area contributed by atoms with Crippen LogP contribution in [-0.4, -0.2) is 41.8 Å². The summed E-state index contributed by atoms with van der Waals surface area (Å²) in [6.07, 6.45) is 1.43. The molecule has 0 unspecified atom stereocenters. The van der Waals surface area contributed by atoms with Crippen LogP contribution in [0, 0.1) is 5.41 Å². The molecule has 31 heavy (non-hydrogen) atoms. The highest BCUT2D eigenvalue weighted by atomic mass is 16.5. The number of carbonyl (C=O) groups is 3. The van der Waals surface area contributed by atoms with Gasteiger partial charge in [-0.2, -0.15) is 0 Å². The quantitative estimate of drug-likeness (QED) is 0.505. The number of fused-ring (bicyclic) bond motifs is 2. The van der Waals surface area contributed by atoms with Crippen LogP contribution in [0.3, 0.4) is 0 Å². The molecule has 2 aromatic rings. The molecule has 0 aromatic heterocycles. The smallest absolute Gasteiger partial charge is 0.321 e. The van der Waals surface area contributed by atoms with Crippen LogP contribution < -0.4 is 0 Å². The Bertz CT molecular complexity index is 945. The second-order valence-electron chi connectivity index (χ2n) is 8.32. The van der Waals surface area contributed by atoms with Crippen LogP contribution in [0.15, 0.2) is 60.7 Å². The monoisotopic (exact) mass is 421 g/mol. The minimum Gasteiger partial charge on any atom is -0.468 e. The lowest BCUT2D eigenvalue weighted by atomic mass is 9.70. The van der Waals surface area contributed by atoms with Gasteiger partial charge in [0.15, 0.2) is 11.2 Å². The Labute approximate surface area is 182 Å². The van der Waals surface area contributed by atoms with Crippen molar-refractivity contribution in [2.24, 2.45) is 5.41 Å². The van der Waals surface area contributed by atoms with Gasteiger partial charge in [0.05, 0.1) is 13.5 Å². The summed E-state index contributed by atoms with van der Waals surface area (Å²) in [4.78, 5) is 41.3. The molecule has 2 aliphatic heterocycles. The van der Waals surface area contributed by atoms with Gasteiger partial charge in [0.2, 0.25) is 0 Å². The van der Waals surface area contributed by atoms with Crippen molar-refractivity contribution in [3.8, 4) is 0 Å². The number of Topliss-reactive ketones (excluding diaryl/α,β-unsaturated/α-hetero) is 1. The van der Waals surface area contributed by atoms with E-state index in [2.05, 4.69) is 4.90 Å². The highest BCUT2D eigenvalue weighted by Gasteiger charge is 2.62. The largest absolute Gasteiger partial charge is 0.468 e. The minimum atomic E-state index is -1.52. The van der Waals surface area contributed by atoms with E-state index in [0.29, 0.717) is 13.0 Å². The summed E-state index contributed by atoms with van der Waals surface area (Å²) in [7, 11) is 1.27. The zero-order valence-corrected chi connectivity index (χ0v) is 17.7. The minimum absolute atomic E-state index is 0.0795. The molecule has 3 atom stereocenters. The number of rotatable bonds is 7. The predicted octanol–water partition coefficient (Wildman–Crippen LogP) is 3.29. The molecule has 6 heteroatoms. The fourth-order valence-corrected chi connectivity index (χ4v) is 5.04. The van der Waals surface area contributed by atoms with Crippen LogP contribution in [0.5, 0.6) is 0 Å². The zero-order chi connectivity index (χ0) is 21.8. The number of hydrogen-bond acceptors (Lipinski definition) is 6. The van der Waals surface area contributed by atoms with E-state index in [0.717, 1.165) is 17.5 Å². The van der Waals surface area contributed by atoms with Crippen LogP contribution in [0.4, 0.5) is 0 Å². The molecule has 0 N–H and O–H groups in total. The predicted molar refractivity (Wildman–Crippen MR) is 114 cm³/mol. The molecule has 2 heterocycles. The Morgan fingerprint density at radius 2 is 1.65 bits per heavy atom. The van der Waals surface area contributed by atoms with Crippen molar-refractivity contribution in [3.05, 3.63) is 71.8 Å². The third-order valence-corrected chi connectivity index (χ3v) is 6.55. The van der Waals surface area contributed by atoms with E-state index < -0.39 is 17.4 Å². The number of ketones is 1. The summed E-state index contributed by atoms with van der Waals surface area (Å²) in [5, 5.41) is 0. The molecule has 0 amide bonds. The molecule has 2 aliphatic rings. The molecule has 0 radical (unpaired) electrons. The van der Waals surface area contributed by atoms with Crippen molar-refractivity contribution < 1.29 is 23.9 Å². The molecular formula is C25H27NO5. The van der Waals surface area contributed by atoms with Gasteiger partial charge in [-0.25, -0.2) is 0 Å². The van der Waals surface area contributed by atoms with E-state index in [1.807, 2.05) is 60.7 Å². The van der Waals surface area contributed by atoms with Gasteiger partial charge in [0.25, 0.3) is 0 Å². The second-order valence-corrected chi connectivity index (χ2v) is 8.32. The summed E-state index contributed by atoms with van der Waals surface area (Å²) >= 11 is 0. The first-order valence-electron chi connectivity index (χ1n) is 10.7. The molecule has 2 bridgehead atoms. The van der Waals surface area contributed by atoms with Crippen molar-refractivity contribution in [2.75, 3.05) is 7.11 Å². The van der Waals surface area contributed by atoms with Crippen LogP contribution >= 0.6 is 0 Å². The van der Waals surface area contributed by atoms with Crippen LogP contribution in [0.1, 0.15) is 36.8 Å². The third kappa shape index (κ3) is 4.12. The van der Waals surface area contributed by atoms with Gasteiger partial charge in [-0.05, 0) is 24.0 Å². The van der Waals surface area contributed by atoms with Crippen molar-refractivity contribution in [1.82, 2.24) is 4.90 Å². The standard InChI is InChI=1S/C25H27NO5/c1-30-24(29)25(15-23(28)31-17-19-10-6-3-7-11-19)21-13-12-20(14-22(25)27)26(21)16-18-8-4-2-5-9-18/h2-11,20-21H,12-17H2,1H3/t20-,21-,25-/m1/s1. The first-order valence-corrected chi connectivity index (χ1v) is 10.7. The number of benzene rings is 2. The molecule has 4 rings (SSSR count). The lowest BCUT2D eigenvalue weighted by Gasteiger charge is -2.45. The molecule has 0 spiro atoms. The Balaban J connectivity index is 1.57. The Morgan fingerprint density at radius 1 is 1.00 bits per heavy atom. The van der Waals surface area contributed by atoms with Crippen LogP contribution in [0.25, 0.3) is 0 Å². The van der Waals surface area contributed by atoms with Gasteiger partial charge >= 0.3 is 11.9 Å². The second kappa shape index (κ2) is 9.02. The molecule has 162 valence electrons. The Hall–Kier alpha value is -2.99. The average molecular weight is 421 g/mol. The summed E-state index contributed by atoms with van der Waals surface area (Å²) < 4.78 is 10.5. The van der Waals surface area contributed by atoms with Crippen LogP contribution in [-0.2, 0) is 37.0 Å². The first kappa shape index (κ1) is 21.2. The van der Waals surface area contributed by atoms with Crippen LogP contribution in [0.2, 0.25) is 0 Å². The number of piperidine rings is 1. The molecule has 6 nitrogen and oxygen atoms in total. The van der Waals surface area contributed by atoms with E-state index in [9.17, 15) is 14.4 Å². The van der Waals surface area contributed by atoms with Crippen molar-refractivity contribution in [3.63, 3.8) is 0 Å². The molecule has 0 aliphatic carbocycles. The topological polar surface area (TPSA) is 72.9 Å². The lowest BCUT2D eigenvalue weighted by Crippen LogP contribution is -2.61. The van der Waals surface area contributed by atoms with Crippen molar-refractivity contribution >= 4 is 17.7 Å². The van der Waals surface area contributed by atoms with Crippen molar-refractivity contribution in [2.45, 2.75) is 50.9 Å². The van der Waals surface area contributed by atoms with Gasteiger partial charge in [0, 0.05) is 25.0 Å². The SMILES string of the molecule is COC(=O)[C@@]1(CC(=O)OCc2ccccc2)C(=O)C[C@H]2CC[C@H]1N2Cc1ccccc1. The van der Waals surface area contributed by atoms with Gasteiger partial charge in [-0.3, -0.25) is 19.3 Å². The number of nitrogens with zero attached hydrogens (tertiary/aromatic N) is 1. The molecule has 2 fully saturated rings. The third-order valence-electron chi connectivity index (χ3n) is 6.55. The number of carbonyl (C=O) groups excluding carboxylic acids is 3. The fraction of sp³-hybridized carbons (Fsp3) is 0.400. The highest BCUT2D eigenvalue weighted by Crippen LogP contribution is 2.48. The van der Waals surface area contributed by atoms with E-state index in [4.69, 9.17) is 9.47 Å².